The molecule has 0 spiro atoms. The number of anilines is 2. The fraction of sp³-hybridized carbons (Fsp3) is 0.387. The first kappa shape index (κ1) is 25.6. The molecule has 3 N–H and O–H groups in total. The molecule has 0 saturated heterocycles. The van der Waals surface area contributed by atoms with Crippen LogP contribution in [0.1, 0.15) is 72.0 Å². The number of fused-ring (bicyclic) bond motifs is 2. The lowest BCUT2D eigenvalue weighted by Crippen LogP contribution is -2.41. The molecule has 1 aliphatic heterocycles. The van der Waals surface area contributed by atoms with Gasteiger partial charge in [-0.1, -0.05) is 35.9 Å². The van der Waals surface area contributed by atoms with Gasteiger partial charge in [0.05, 0.1) is 11.4 Å². The van der Waals surface area contributed by atoms with Gasteiger partial charge in [0, 0.05) is 49.1 Å². The number of carbonyl (C=O) groups excluding carboxylic acids is 1. The molecule has 0 saturated carbocycles. The van der Waals surface area contributed by atoms with Crippen LogP contribution in [-0.4, -0.2) is 30.4 Å². The third-order valence-electron chi connectivity index (χ3n) is 7.96. The topological polar surface area (TPSA) is 67.6 Å². The van der Waals surface area contributed by atoms with E-state index in [-0.39, 0.29) is 17.6 Å². The number of ether oxygens (including phenoxy) is 1. The van der Waals surface area contributed by atoms with Crippen LogP contribution in [0.5, 0.6) is 5.75 Å². The molecule has 3 aromatic carbocycles. The van der Waals surface area contributed by atoms with E-state index >= 15 is 0 Å². The molecule has 37 heavy (non-hydrogen) atoms. The number of nitrogens with one attached hydrogen (secondary N) is 1. The summed E-state index contributed by atoms with van der Waals surface area (Å²) in [7, 11) is 1.87. The van der Waals surface area contributed by atoms with Gasteiger partial charge >= 0.3 is 0 Å². The first-order valence-corrected chi connectivity index (χ1v) is 13.4. The first-order chi connectivity index (χ1) is 17.7. The second kappa shape index (κ2) is 10.0. The van der Waals surface area contributed by atoms with E-state index in [2.05, 4.69) is 48.3 Å². The number of aryl methyl sites for hydroxylation is 1. The van der Waals surface area contributed by atoms with E-state index in [1.165, 1.54) is 11.1 Å². The largest absolute Gasteiger partial charge is 0.486 e. The molecule has 0 bridgehead atoms. The van der Waals surface area contributed by atoms with Crippen LogP contribution in [0.3, 0.4) is 0 Å². The van der Waals surface area contributed by atoms with Crippen molar-refractivity contribution in [3.63, 3.8) is 0 Å². The highest BCUT2D eigenvalue weighted by Gasteiger charge is 2.36. The molecule has 2 unspecified atom stereocenters. The van der Waals surface area contributed by atoms with Gasteiger partial charge < -0.3 is 20.6 Å². The van der Waals surface area contributed by atoms with Gasteiger partial charge in [-0.3, -0.25) is 4.90 Å². The van der Waals surface area contributed by atoms with Gasteiger partial charge in [0.1, 0.15) is 17.6 Å². The van der Waals surface area contributed by atoms with Crippen molar-refractivity contribution < 1.29 is 9.53 Å². The molecule has 6 heteroatoms. The number of nitrogens with zero attached hydrogens (tertiary/aromatic N) is 1. The standard InChI is InChI=1S/C31H36ClN3O2/c1-19-24(9-10-27(34-4)30(19)33)25(13-14-36)21-6-5-20-7-11-28(26(20)16-21)35-17-22-15-23(32)8-12-29(22)37-31(2,3)18-35/h5-6,8-10,12,14-16,25,28,34H,7,11,13,17-18,33H2,1-4H3. The summed E-state index contributed by atoms with van der Waals surface area (Å²) in [5, 5.41) is 3.88. The minimum absolute atomic E-state index is 0.0410. The summed E-state index contributed by atoms with van der Waals surface area (Å²) in [6, 6.07) is 17.1. The second-order valence-corrected chi connectivity index (χ2v) is 11.4. The lowest BCUT2D eigenvalue weighted by molar-refractivity contribution is -0.108. The van der Waals surface area contributed by atoms with E-state index in [1.54, 1.807) is 0 Å². The lowest BCUT2D eigenvalue weighted by Gasteiger charge is -2.34. The highest BCUT2D eigenvalue weighted by Crippen LogP contribution is 2.43. The van der Waals surface area contributed by atoms with Crippen LogP contribution in [0.25, 0.3) is 0 Å². The zero-order valence-electron chi connectivity index (χ0n) is 22.1. The van der Waals surface area contributed by atoms with Crippen LogP contribution in [0.2, 0.25) is 5.02 Å². The fourth-order valence-electron chi connectivity index (χ4n) is 6.16. The summed E-state index contributed by atoms with van der Waals surface area (Å²) < 4.78 is 6.42. The van der Waals surface area contributed by atoms with Crippen molar-refractivity contribution in [2.45, 2.75) is 64.1 Å². The molecule has 2 aliphatic rings. The van der Waals surface area contributed by atoms with Crippen molar-refractivity contribution >= 4 is 29.3 Å². The van der Waals surface area contributed by atoms with Crippen LogP contribution in [0.4, 0.5) is 11.4 Å². The van der Waals surface area contributed by atoms with Crippen LogP contribution in [0.15, 0.2) is 48.5 Å². The molecular weight excluding hydrogens is 482 g/mol. The van der Waals surface area contributed by atoms with Crippen molar-refractivity contribution in [3.05, 3.63) is 86.9 Å². The molecule has 5 rings (SSSR count). The SMILES string of the molecule is CNc1ccc(C(CC=O)c2ccc3c(c2)C(N2Cc4cc(Cl)ccc4OC(C)(C)C2)CC3)c(C)c1N. The van der Waals surface area contributed by atoms with Gasteiger partial charge in [0.15, 0.2) is 0 Å². The van der Waals surface area contributed by atoms with Gasteiger partial charge in [0.2, 0.25) is 0 Å². The Labute approximate surface area is 225 Å². The molecular formula is C31H36ClN3O2. The van der Waals surface area contributed by atoms with Crippen LogP contribution < -0.4 is 15.8 Å². The number of rotatable bonds is 6. The van der Waals surface area contributed by atoms with E-state index in [0.717, 1.165) is 76.6 Å². The van der Waals surface area contributed by atoms with E-state index in [4.69, 9.17) is 22.1 Å². The Balaban J connectivity index is 1.52. The summed E-state index contributed by atoms with van der Waals surface area (Å²) in [6.45, 7) is 7.94. The summed E-state index contributed by atoms with van der Waals surface area (Å²) in [4.78, 5) is 14.3. The molecule has 0 fully saturated rings. The summed E-state index contributed by atoms with van der Waals surface area (Å²) >= 11 is 6.36. The summed E-state index contributed by atoms with van der Waals surface area (Å²) in [6.07, 6.45) is 3.54. The Morgan fingerprint density at radius 1 is 1.19 bits per heavy atom. The predicted octanol–water partition coefficient (Wildman–Crippen LogP) is 6.65. The van der Waals surface area contributed by atoms with E-state index < -0.39 is 0 Å². The third-order valence-corrected chi connectivity index (χ3v) is 8.19. The highest BCUT2D eigenvalue weighted by atomic mass is 35.5. The second-order valence-electron chi connectivity index (χ2n) is 11.0. The van der Waals surface area contributed by atoms with Crippen molar-refractivity contribution in [2.75, 3.05) is 24.6 Å². The van der Waals surface area contributed by atoms with Crippen LogP contribution in [-0.2, 0) is 17.8 Å². The maximum Gasteiger partial charge on any atom is 0.124 e. The van der Waals surface area contributed by atoms with Crippen molar-refractivity contribution in [2.24, 2.45) is 0 Å². The van der Waals surface area contributed by atoms with Gasteiger partial charge in [-0.05, 0) is 85.7 Å². The maximum atomic E-state index is 11.8. The lowest BCUT2D eigenvalue weighted by atomic mass is 9.84. The average Bonchev–Trinajstić information content (AvgIpc) is 3.23. The number of nitrogen functional groups attached to an aromatic ring is 1. The summed E-state index contributed by atoms with van der Waals surface area (Å²) in [5.41, 5.74) is 14.9. The number of nitrogens with two attached hydrogens (primary N) is 1. The molecule has 5 nitrogen and oxygen atoms in total. The zero-order chi connectivity index (χ0) is 26.3. The van der Waals surface area contributed by atoms with Crippen molar-refractivity contribution in [3.8, 4) is 5.75 Å². The smallest absolute Gasteiger partial charge is 0.124 e. The van der Waals surface area contributed by atoms with Crippen LogP contribution in [0, 0.1) is 6.92 Å². The van der Waals surface area contributed by atoms with Gasteiger partial charge in [-0.15, -0.1) is 0 Å². The number of carbonyl (C=O) groups is 1. The molecule has 194 valence electrons. The maximum absolute atomic E-state index is 11.8. The Bertz CT molecular complexity index is 1340. The molecule has 0 amide bonds. The van der Waals surface area contributed by atoms with Crippen LogP contribution >= 0.6 is 11.6 Å². The number of hydrogen-bond donors (Lipinski definition) is 2. The van der Waals surface area contributed by atoms with E-state index in [9.17, 15) is 4.79 Å². The average molecular weight is 518 g/mol. The Morgan fingerprint density at radius 2 is 2.00 bits per heavy atom. The molecule has 3 aromatic rings. The van der Waals surface area contributed by atoms with E-state index in [0.29, 0.717) is 6.42 Å². The Kier molecular flexibility index (Phi) is 6.95. The monoisotopic (exact) mass is 517 g/mol. The number of hydrogen-bond acceptors (Lipinski definition) is 5. The molecule has 0 radical (unpaired) electrons. The van der Waals surface area contributed by atoms with Gasteiger partial charge in [-0.25, -0.2) is 0 Å². The first-order valence-electron chi connectivity index (χ1n) is 13.1. The number of aldehydes is 1. The van der Waals surface area contributed by atoms with Gasteiger partial charge in [0.25, 0.3) is 0 Å². The quantitative estimate of drug-likeness (QED) is 0.283. The Hall–Kier alpha value is -3.02. The van der Waals surface area contributed by atoms with Crippen molar-refractivity contribution in [1.29, 1.82) is 0 Å². The minimum Gasteiger partial charge on any atom is -0.486 e. The summed E-state index contributed by atoms with van der Waals surface area (Å²) in [5.74, 6) is 0.869. The molecule has 1 aliphatic carbocycles. The Morgan fingerprint density at radius 3 is 2.76 bits per heavy atom. The van der Waals surface area contributed by atoms with E-state index in [1.807, 2.05) is 38.2 Å². The van der Waals surface area contributed by atoms with Gasteiger partial charge in [-0.2, -0.15) is 0 Å². The minimum atomic E-state index is -0.330. The molecule has 0 aromatic heterocycles. The third kappa shape index (κ3) is 4.95. The predicted molar refractivity (Wildman–Crippen MR) is 152 cm³/mol. The van der Waals surface area contributed by atoms with Crippen molar-refractivity contribution in [1.82, 2.24) is 4.90 Å². The highest BCUT2D eigenvalue weighted by molar-refractivity contribution is 6.30. The molecule has 2 atom stereocenters. The molecule has 1 heterocycles. The number of benzene rings is 3. The zero-order valence-corrected chi connectivity index (χ0v) is 22.9. The number of halogens is 1. The fourth-order valence-corrected chi connectivity index (χ4v) is 6.35. The normalized spacial score (nSPS) is 19.3.